The zero-order chi connectivity index (χ0) is 17.8. The zero-order valence-electron chi connectivity index (χ0n) is 16.6. The molecular weight excluding hydrogens is 296 g/mol. The number of ether oxygens (including phenoxy) is 1. The summed E-state index contributed by atoms with van der Waals surface area (Å²) in [5, 5.41) is 0. The van der Waals surface area contributed by atoms with E-state index in [1.807, 2.05) is 0 Å². The molecule has 0 radical (unpaired) electrons. The van der Waals surface area contributed by atoms with E-state index in [9.17, 15) is 4.79 Å². The van der Waals surface area contributed by atoms with Gasteiger partial charge in [0, 0.05) is 19.4 Å². The molecule has 140 valence electrons. The van der Waals surface area contributed by atoms with Gasteiger partial charge in [0.2, 0.25) is 0 Å². The van der Waals surface area contributed by atoms with Crippen LogP contribution in [0, 0.1) is 17.8 Å². The SMILES string of the molecule is CCCCCCCC/C=C\CC(=O)CCC(C)C1OCC(C)C1C. The first-order chi connectivity index (χ1) is 11.6. The molecule has 0 amide bonds. The fourth-order valence-electron chi connectivity index (χ4n) is 3.60. The summed E-state index contributed by atoms with van der Waals surface area (Å²) in [6, 6.07) is 0. The molecule has 0 bridgehead atoms. The van der Waals surface area contributed by atoms with E-state index in [1.165, 1.54) is 38.5 Å². The highest BCUT2D eigenvalue weighted by molar-refractivity contribution is 5.79. The maximum Gasteiger partial charge on any atom is 0.136 e. The fourth-order valence-corrected chi connectivity index (χ4v) is 3.60. The van der Waals surface area contributed by atoms with E-state index in [-0.39, 0.29) is 0 Å². The van der Waals surface area contributed by atoms with Crippen LogP contribution >= 0.6 is 0 Å². The quantitative estimate of drug-likeness (QED) is 0.290. The molecule has 4 atom stereocenters. The molecule has 1 saturated heterocycles. The summed E-state index contributed by atoms with van der Waals surface area (Å²) in [5.74, 6) is 2.13. The summed E-state index contributed by atoms with van der Waals surface area (Å²) in [4.78, 5) is 12.0. The van der Waals surface area contributed by atoms with Crippen LogP contribution in [0.4, 0.5) is 0 Å². The largest absolute Gasteiger partial charge is 0.377 e. The Morgan fingerprint density at radius 3 is 2.50 bits per heavy atom. The van der Waals surface area contributed by atoms with Gasteiger partial charge in [0.1, 0.15) is 5.78 Å². The number of carbonyl (C=O) groups is 1. The van der Waals surface area contributed by atoms with Gasteiger partial charge in [0.25, 0.3) is 0 Å². The molecule has 1 heterocycles. The molecule has 2 nitrogen and oxygen atoms in total. The molecule has 4 unspecified atom stereocenters. The first kappa shape index (κ1) is 21.4. The van der Waals surface area contributed by atoms with E-state index in [0.29, 0.717) is 42.5 Å². The molecule has 1 fully saturated rings. The molecular formula is C22H40O2. The van der Waals surface area contributed by atoms with Crippen molar-refractivity contribution in [1.29, 1.82) is 0 Å². The maximum absolute atomic E-state index is 12.0. The third-order valence-corrected chi connectivity index (χ3v) is 5.64. The van der Waals surface area contributed by atoms with Crippen molar-refractivity contribution in [3.05, 3.63) is 12.2 Å². The van der Waals surface area contributed by atoms with Gasteiger partial charge in [-0.15, -0.1) is 0 Å². The van der Waals surface area contributed by atoms with E-state index < -0.39 is 0 Å². The van der Waals surface area contributed by atoms with Crippen LogP contribution in [-0.2, 0) is 9.53 Å². The third kappa shape index (κ3) is 8.46. The van der Waals surface area contributed by atoms with Crippen molar-refractivity contribution < 1.29 is 9.53 Å². The lowest BCUT2D eigenvalue weighted by atomic mass is 9.85. The second-order valence-corrected chi connectivity index (χ2v) is 7.92. The summed E-state index contributed by atoms with van der Waals surface area (Å²) in [6.45, 7) is 9.91. The number of Topliss-reactive ketones (excluding diaryl/α,β-unsaturated/α-hetero) is 1. The predicted octanol–water partition coefficient (Wildman–Crippen LogP) is 6.34. The average molecular weight is 337 g/mol. The second-order valence-electron chi connectivity index (χ2n) is 7.92. The Kier molecular flexibility index (Phi) is 11.3. The Labute approximate surface area is 150 Å². The highest BCUT2D eigenvalue weighted by Crippen LogP contribution is 2.32. The van der Waals surface area contributed by atoms with E-state index in [2.05, 4.69) is 39.8 Å². The maximum atomic E-state index is 12.0. The average Bonchev–Trinajstić information content (AvgIpc) is 2.90. The Hall–Kier alpha value is -0.630. The van der Waals surface area contributed by atoms with Crippen molar-refractivity contribution >= 4 is 5.78 Å². The van der Waals surface area contributed by atoms with Crippen LogP contribution in [0.5, 0.6) is 0 Å². The normalized spacial score (nSPS) is 25.4. The molecule has 0 aromatic heterocycles. The van der Waals surface area contributed by atoms with E-state index in [4.69, 9.17) is 4.74 Å². The lowest BCUT2D eigenvalue weighted by Gasteiger charge is -2.23. The first-order valence-electron chi connectivity index (χ1n) is 10.3. The Morgan fingerprint density at radius 1 is 1.12 bits per heavy atom. The van der Waals surface area contributed by atoms with Crippen molar-refractivity contribution in [2.24, 2.45) is 17.8 Å². The molecule has 0 aliphatic carbocycles. The van der Waals surface area contributed by atoms with Crippen molar-refractivity contribution in [3.63, 3.8) is 0 Å². The number of hydrogen-bond acceptors (Lipinski definition) is 2. The van der Waals surface area contributed by atoms with Crippen molar-refractivity contribution in [2.75, 3.05) is 6.61 Å². The second kappa shape index (κ2) is 12.7. The molecule has 0 spiro atoms. The topological polar surface area (TPSA) is 26.3 Å². The monoisotopic (exact) mass is 336 g/mol. The van der Waals surface area contributed by atoms with Gasteiger partial charge in [0.15, 0.2) is 0 Å². The van der Waals surface area contributed by atoms with Crippen LogP contribution in [0.3, 0.4) is 0 Å². The summed E-state index contributed by atoms with van der Waals surface area (Å²) in [6.07, 6.45) is 16.0. The Morgan fingerprint density at radius 2 is 1.83 bits per heavy atom. The molecule has 0 aromatic carbocycles. The Balaban J connectivity index is 2.04. The summed E-state index contributed by atoms with van der Waals surface area (Å²) in [7, 11) is 0. The molecule has 24 heavy (non-hydrogen) atoms. The van der Waals surface area contributed by atoms with Gasteiger partial charge in [-0.05, 0) is 37.0 Å². The fraction of sp³-hybridized carbons (Fsp3) is 0.864. The third-order valence-electron chi connectivity index (χ3n) is 5.64. The standard InChI is InChI=1S/C22H40O2/c1-5-6-7-8-9-10-11-12-13-14-21(23)16-15-18(2)22-20(4)19(3)17-24-22/h12-13,18-20,22H,5-11,14-17H2,1-4H3/b13-12-. The smallest absolute Gasteiger partial charge is 0.136 e. The number of carbonyl (C=O) groups excluding carboxylic acids is 1. The van der Waals surface area contributed by atoms with Gasteiger partial charge in [0.05, 0.1) is 6.10 Å². The lowest BCUT2D eigenvalue weighted by molar-refractivity contribution is -0.118. The number of unbranched alkanes of at least 4 members (excludes halogenated alkanes) is 6. The Bertz CT molecular complexity index is 361. The van der Waals surface area contributed by atoms with Gasteiger partial charge < -0.3 is 4.74 Å². The summed E-state index contributed by atoms with van der Waals surface area (Å²) >= 11 is 0. The minimum Gasteiger partial charge on any atom is -0.377 e. The predicted molar refractivity (Wildman–Crippen MR) is 103 cm³/mol. The minimum atomic E-state index is 0.344. The van der Waals surface area contributed by atoms with Crippen LogP contribution in [-0.4, -0.2) is 18.5 Å². The summed E-state index contributed by atoms with van der Waals surface area (Å²) in [5.41, 5.74) is 0. The number of allylic oxidation sites excluding steroid dienone is 2. The number of ketones is 1. The number of rotatable bonds is 13. The van der Waals surface area contributed by atoms with Crippen LogP contribution in [0.25, 0.3) is 0 Å². The van der Waals surface area contributed by atoms with Crippen molar-refractivity contribution in [3.8, 4) is 0 Å². The lowest BCUT2D eigenvalue weighted by Crippen LogP contribution is -2.24. The van der Waals surface area contributed by atoms with Crippen LogP contribution in [0.15, 0.2) is 12.2 Å². The molecule has 0 saturated carbocycles. The molecule has 0 N–H and O–H groups in total. The minimum absolute atomic E-state index is 0.344. The van der Waals surface area contributed by atoms with E-state index >= 15 is 0 Å². The van der Waals surface area contributed by atoms with E-state index in [0.717, 1.165) is 19.4 Å². The van der Waals surface area contributed by atoms with Gasteiger partial charge >= 0.3 is 0 Å². The summed E-state index contributed by atoms with van der Waals surface area (Å²) < 4.78 is 5.91. The molecule has 1 aliphatic heterocycles. The van der Waals surface area contributed by atoms with Crippen LogP contribution in [0.2, 0.25) is 0 Å². The molecule has 0 aromatic rings. The van der Waals surface area contributed by atoms with Gasteiger partial charge in [-0.2, -0.15) is 0 Å². The van der Waals surface area contributed by atoms with Crippen LogP contribution in [0.1, 0.15) is 91.9 Å². The van der Waals surface area contributed by atoms with Crippen LogP contribution < -0.4 is 0 Å². The zero-order valence-corrected chi connectivity index (χ0v) is 16.6. The molecule has 2 heteroatoms. The molecule has 1 rings (SSSR count). The first-order valence-corrected chi connectivity index (χ1v) is 10.3. The highest BCUT2D eigenvalue weighted by Gasteiger charge is 2.34. The van der Waals surface area contributed by atoms with Gasteiger partial charge in [-0.1, -0.05) is 72.0 Å². The molecule has 1 aliphatic rings. The highest BCUT2D eigenvalue weighted by atomic mass is 16.5. The van der Waals surface area contributed by atoms with E-state index in [1.54, 1.807) is 0 Å². The van der Waals surface area contributed by atoms with Gasteiger partial charge in [-0.3, -0.25) is 4.79 Å². The number of hydrogen-bond donors (Lipinski definition) is 0. The van der Waals surface area contributed by atoms with Crippen molar-refractivity contribution in [1.82, 2.24) is 0 Å². The van der Waals surface area contributed by atoms with Crippen molar-refractivity contribution in [2.45, 2.75) is 98.0 Å². The van der Waals surface area contributed by atoms with Gasteiger partial charge in [-0.25, -0.2) is 0 Å².